The monoisotopic (exact) mass is 259 g/mol. The van der Waals surface area contributed by atoms with E-state index in [-0.39, 0.29) is 5.54 Å². The van der Waals surface area contributed by atoms with E-state index in [4.69, 9.17) is 4.99 Å². The van der Waals surface area contributed by atoms with Crippen molar-refractivity contribution in [1.29, 1.82) is 0 Å². The third kappa shape index (κ3) is 2.05. The topological polar surface area (TPSA) is 28.0 Å². The van der Waals surface area contributed by atoms with Gasteiger partial charge in [-0.1, -0.05) is 30.0 Å². The highest BCUT2D eigenvalue weighted by Gasteiger charge is 2.31. The summed E-state index contributed by atoms with van der Waals surface area (Å²) in [6.45, 7) is 8.22. The van der Waals surface area contributed by atoms with E-state index in [1.807, 2.05) is 0 Å². The molecule has 3 rings (SSSR count). The van der Waals surface area contributed by atoms with Crippen LogP contribution in [0, 0.1) is 0 Å². The third-order valence-corrected chi connectivity index (χ3v) is 3.90. The van der Waals surface area contributed by atoms with Crippen LogP contribution in [0.5, 0.6) is 0 Å². The van der Waals surface area contributed by atoms with Crippen LogP contribution in [-0.4, -0.2) is 34.5 Å². The molecule has 0 amide bonds. The van der Waals surface area contributed by atoms with E-state index in [1.54, 1.807) is 11.8 Å². The average Bonchev–Trinajstić information content (AvgIpc) is 2.76. The Kier molecular flexibility index (Phi) is 2.70. The van der Waals surface area contributed by atoms with Gasteiger partial charge < -0.3 is 4.90 Å². The van der Waals surface area contributed by atoms with Gasteiger partial charge in [0, 0.05) is 17.0 Å². The summed E-state index contributed by atoms with van der Waals surface area (Å²) in [5.74, 6) is 1.09. The second kappa shape index (κ2) is 4.12. The van der Waals surface area contributed by atoms with E-state index in [1.165, 1.54) is 10.5 Å². The Balaban J connectivity index is 2.09. The van der Waals surface area contributed by atoms with E-state index in [9.17, 15) is 0 Å². The predicted molar refractivity (Wildman–Crippen MR) is 77.6 cm³/mol. The first kappa shape index (κ1) is 11.8. The lowest BCUT2D eigenvalue weighted by Gasteiger charge is -2.30. The molecule has 2 heterocycles. The minimum Gasteiger partial charge on any atom is -0.303 e. The highest BCUT2D eigenvalue weighted by atomic mass is 32.2. The van der Waals surface area contributed by atoms with Gasteiger partial charge in [-0.15, -0.1) is 0 Å². The molecule has 0 radical (unpaired) electrons. The van der Waals surface area contributed by atoms with Crippen molar-refractivity contribution in [3.63, 3.8) is 0 Å². The molecule has 0 unspecified atom stereocenters. The van der Waals surface area contributed by atoms with Crippen LogP contribution >= 0.6 is 11.8 Å². The van der Waals surface area contributed by atoms with Crippen LogP contribution in [0.25, 0.3) is 0 Å². The summed E-state index contributed by atoms with van der Waals surface area (Å²) in [4.78, 5) is 13.0. The maximum absolute atomic E-state index is 4.83. The maximum atomic E-state index is 4.83. The van der Waals surface area contributed by atoms with Gasteiger partial charge in [-0.3, -0.25) is 9.98 Å². The minimum absolute atomic E-state index is 0.0533. The summed E-state index contributed by atoms with van der Waals surface area (Å²) in [6, 6.07) is 8.44. The van der Waals surface area contributed by atoms with Crippen LogP contribution in [0.2, 0.25) is 0 Å². The first-order valence-corrected chi connectivity index (χ1v) is 7.05. The Labute approximate surface area is 112 Å². The molecule has 0 N–H and O–H groups in total. The van der Waals surface area contributed by atoms with Gasteiger partial charge in [0.1, 0.15) is 5.84 Å². The van der Waals surface area contributed by atoms with E-state index < -0.39 is 0 Å². The highest BCUT2D eigenvalue weighted by molar-refractivity contribution is 8.14. The number of nitrogens with zero attached hydrogens (tertiary/aromatic N) is 3. The lowest BCUT2D eigenvalue weighted by atomic mass is 10.1. The Morgan fingerprint density at radius 2 is 2.06 bits per heavy atom. The molecule has 0 aromatic heterocycles. The van der Waals surface area contributed by atoms with Crippen molar-refractivity contribution in [1.82, 2.24) is 4.90 Å². The zero-order valence-corrected chi connectivity index (χ0v) is 11.8. The molecule has 0 saturated carbocycles. The highest BCUT2D eigenvalue weighted by Crippen LogP contribution is 2.35. The van der Waals surface area contributed by atoms with Crippen molar-refractivity contribution in [2.75, 3.05) is 13.1 Å². The normalized spacial score (nSPS) is 20.7. The number of benzene rings is 1. The molecular formula is C14H17N3S. The molecule has 2 aliphatic heterocycles. The lowest BCUT2D eigenvalue weighted by molar-refractivity contribution is 0.565. The van der Waals surface area contributed by atoms with Crippen molar-refractivity contribution < 1.29 is 0 Å². The molecule has 2 aliphatic rings. The summed E-state index contributed by atoms with van der Waals surface area (Å²) < 4.78 is 0. The van der Waals surface area contributed by atoms with E-state index in [2.05, 4.69) is 54.9 Å². The van der Waals surface area contributed by atoms with E-state index in [0.717, 1.165) is 24.1 Å². The molecule has 0 spiro atoms. The Bertz CT molecular complexity index is 540. The number of rotatable bonds is 0. The Hall–Kier alpha value is -1.29. The van der Waals surface area contributed by atoms with Crippen LogP contribution < -0.4 is 0 Å². The summed E-state index contributed by atoms with van der Waals surface area (Å²) in [5.41, 5.74) is 1.19. The number of amidine groups is 2. The second-order valence-electron chi connectivity index (χ2n) is 5.52. The van der Waals surface area contributed by atoms with Crippen molar-refractivity contribution in [2.45, 2.75) is 31.2 Å². The van der Waals surface area contributed by atoms with Crippen LogP contribution in [-0.2, 0) is 0 Å². The molecule has 94 valence electrons. The van der Waals surface area contributed by atoms with Crippen molar-refractivity contribution in [2.24, 2.45) is 9.98 Å². The largest absolute Gasteiger partial charge is 0.303 e. The van der Waals surface area contributed by atoms with Crippen LogP contribution in [0.15, 0.2) is 39.1 Å². The van der Waals surface area contributed by atoms with Gasteiger partial charge in [-0.25, -0.2) is 0 Å². The molecule has 3 nitrogen and oxygen atoms in total. The van der Waals surface area contributed by atoms with Crippen LogP contribution in [0.4, 0.5) is 0 Å². The Morgan fingerprint density at radius 1 is 1.28 bits per heavy atom. The van der Waals surface area contributed by atoms with Gasteiger partial charge in [0.25, 0.3) is 0 Å². The van der Waals surface area contributed by atoms with Gasteiger partial charge in [0.05, 0.1) is 12.1 Å². The molecular weight excluding hydrogens is 242 g/mol. The second-order valence-corrected chi connectivity index (χ2v) is 6.53. The molecule has 0 aliphatic carbocycles. The fraction of sp³-hybridized carbons (Fsp3) is 0.429. The molecule has 1 aromatic carbocycles. The lowest BCUT2D eigenvalue weighted by Crippen LogP contribution is -2.37. The van der Waals surface area contributed by atoms with E-state index >= 15 is 0 Å². The molecule has 0 fully saturated rings. The molecule has 18 heavy (non-hydrogen) atoms. The van der Waals surface area contributed by atoms with Crippen molar-refractivity contribution in [3.05, 3.63) is 29.8 Å². The first-order chi connectivity index (χ1) is 8.54. The third-order valence-electron chi connectivity index (χ3n) is 2.83. The number of aliphatic imine (C=N–C) groups is 2. The number of hydrogen-bond donors (Lipinski definition) is 0. The van der Waals surface area contributed by atoms with Crippen LogP contribution in [0.1, 0.15) is 26.3 Å². The fourth-order valence-electron chi connectivity index (χ4n) is 2.13. The number of thioether (sulfide) groups is 1. The molecule has 1 aromatic rings. The standard InChI is InChI=1S/C14H17N3S/c1-14(2,3)16-13-17-9-8-15-12(17)10-6-4-5-7-11(10)18-13/h4-7H,8-9H2,1-3H3. The van der Waals surface area contributed by atoms with Crippen molar-refractivity contribution >= 4 is 22.8 Å². The quantitative estimate of drug-likeness (QED) is 0.716. The molecule has 0 bridgehead atoms. The zero-order valence-electron chi connectivity index (χ0n) is 11.0. The SMILES string of the molecule is CC(C)(C)N=C1Sc2ccccc2C2=NCCN12. The molecule has 4 heteroatoms. The predicted octanol–water partition coefficient (Wildman–Crippen LogP) is 3.01. The maximum Gasteiger partial charge on any atom is 0.170 e. The van der Waals surface area contributed by atoms with Gasteiger partial charge >= 0.3 is 0 Å². The minimum atomic E-state index is -0.0533. The number of hydrogen-bond acceptors (Lipinski definition) is 3. The number of fused-ring (bicyclic) bond motifs is 3. The molecule has 0 atom stereocenters. The summed E-state index contributed by atoms with van der Waals surface area (Å²) in [5, 5.41) is 1.08. The Morgan fingerprint density at radius 3 is 2.83 bits per heavy atom. The summed E-state index contributed by atoms with van der Waals surface area (Å²) in [7, 11) is 0. The van der Waals surface area contributed by atoms with Gasteiger partial charge in [0.15, 0.2) is 5.17 Å². The fourth-order valence-corrected chi connectivity index (χ4v) is 3.35. The van der Waals surface area contributed by atoms with Gasteiger partial charge in [0.2, 0.25) is 0 Å². The van der Waals surface area contributed by atoms with Crippen molar-refractivity contribution in [3.8, 4) is 0 Å². The van der Waals surface area contributed by atoms with Crippen LogP contribution in [0.3, 0.4) is 0 Å². The molecule has 0 saturated heterocycles. The summed E-state index contributed by atoms with van der Waals surface area (Å²) >= 11 is 1.76. The van der Waals surface area contributed by atoms with Gasteiger partial charge in [-0.05, 0) is 26.8 Å². The van der Waals surface area contributed by atoms with E-state index in [0.29, 0.717) is 0 Å². The smallest absolute Gasteiger partial charge is 0.170 e. The zero-order chi connectivity index (χ0) is 12.8. The van der Waals surface area contributed by atoms with Gasteiger partial charge in [-0.2, -0.15) is 0 Å². The first-order valence-electron chi connectivity index (χ1n) is 6.24. The average molecular weight is 259 g/mol. The summed E-state index contributed by atoms with van der Waals surface area (Å²) in [6.07, 6.45) is 0.